The number of anilines is 1. The van der Waals surface area contributed by atoms with Gasteiger partial charge in [-0.2, -0.15) is 13.2 Å². The molecule has 0 aliphatic carbocycles. The van der Waals surface area contributed by atoms with Gasteiger partial charge in [-0.1, -0.05) is 25.9 Å². The summed E-state index contributed by atoms with van der Waals surface area (Å²) in [6.45, 7) is 7.82. The predicted molar refractivity (Wildman–Crippen MR) is 117 cm³/mol. The summed E-state index contributed by atoms with van der Waals surface area (Å²) in [4.78, 5) is 4.76. The lowest BCUT2D eigenvalue weighted by Crippen LogP contribution is -2.27. The summed E-state index contributed by atoms with van der Waals surface area (Å²) in [5.74, 6) is 0.426. The number of rotatable bonds is 5. The van der Waals surface area contributed by atoms with Crippen molar-refractivity contribution in [3.8, 4) is 17.3 Å². The van der Waals surface area contributed by atoms with Crippen molar-refractivity contribution in [1.29, 1.82) is 0 Å². The Morgan fingerprint density at radius 2 is 1.82 bits per heavy atom. The largest absolute Gasteiger partial charge is 0.484 e. The van der Waals surface area contributed by atoms with E-state index in [4.69, 9.17) is 18.9 Å². The molecule has 0 saturated carbocycles. The quantitative estimate of drug-likeness (QED) is 0.540. The first kappa shape index (κ1) is 23.3. The topological polar surface area (TPSA) is 82.3 Å². The van der Waals surface area contributed by atoms with Crippen molar-refractivity contribution in [2.24, 2.45) is 0 Å². The van der Waals surface area contributed by atoms with Crippen molar-refractivity contribution < 1.29 is 27.1 Å². The Morgan fingerprint density at radius 1 is 1.09 bits per heavy atom. The van der Waals surface area contributed by atoms with Crippen LogP contribution in [0.3, 0.4) is 0 Å². The van der Waals surface area contributed by atoms with Gasteiger partial charge in [0.2, 0.25) is 0 Å². The Balaban J connectivity index is 1.70. The monoisotopic (exact) mass is 464 g/mol. The highest BCUT2D eigenvalue weighted by atomic mass is 19.4. The zero-order valence-electron chi connectivity index (χ0n) is 19.0. The summed E-state index contributed by atoms with van der Waals surface area (Å²) in [5, 5.41) is 12.2. The molecular formula is C23H27F3N4O3. The second-order valence-electron chi connectivity index (χ2n) is 9.29. The van der Waals surface area contributed by atoms with Gasteiger partial charge < -0.3 is 19.2 Å². The smallest absolute Gasteiger partial charge is 0.422 e. The van der Waals surface area contributed by atoms with E-state index in [-0.39, 0.29) is 17.7 Å². The first-order valence-corrected chi connectivity index (χ1v) is 10.8. The molecule has 10 heteroatoms. The Morgan fingerprint density at radius 3 is 2.48 bits per heavy atom. The van der Waals surface area contributed by atoms with Gasteiger partial charge in [-0.3, -0.25) is 0 Å². The Hall–Kier alpha value is -2.88. The molecule has 0 spiro atoms. The van der Waals surface area contributed by atoms with Crippen LogP contribution in [-0.4, -0.2) is 47.2 Å². The van der Waals surface area contributed by atoms with Gasteiger partial charge in [0, 0.05) is 24.6 Å². The highest BCUT2D eigenvalue weighted by Gasteiger charge is 2.29. The Kier molecular flexibility index (Phi) is 6.22. The third kappa shape index (κ3) is 5.55. The molecule has 0 atom stereocenters. The molecule has 3 heterocycles. The lowest BCUT2D eigenvalue weighted by molar-refractivity contribution is -0.153. The van der Waals surface area contributed by atoms with E-state index in [1.807, 2.05) is 27.7 Å². The molecule has 3 aromatic rings. The molecule has 1 aliphatic heterocycles. The number of halogens is 3. The fourth-order valence-corrected chi connectivity index (χ4v) is 3.80. The number of aromatic nitrogens is 3. The van der Waals surface area contributed by atoms with Crippen LogP contribution in [0.1, 0.15) is 44.7 Å². The molecular weight excluding hydrogens is 437 g/mol. The van der Waals surface area contributed by atoms with E-state index in [1.165, 1.54) is 0 Å². The van der Waals surface area contributed by atoms with E-state index in [1.54, 1.807) is 18.2 Å². The van der Waals surface area contributed by atoms with Crippen LogP contribution in [0.2, 0.25) is 0 Å². The lowest BCUT2D eigenvalue weighted by atomic mass is 9.84. The van der Waals surface area contributed by atoms with Crippen LogP contribution in [0.25, 0.3) is 22.5 Å². The first-order valence-electron chi connectivity index (χ1n) is 10.8. The second-order valence-corrected chi connectivity index (χ2v) is 9.29. The number of fused-ring (bicyclic) bond motifs is 1. The maximum absolute atomic E-state index is 12.7. The molecule has 4 rings (SSSR count). The maximum Gasteiger partial charge on any atom is 0.422 e. The third-order valence-electron chi connectivity index (χ3n) is 5.50. The van der Waals surface area contributed by atoms with Crippen LogP contribution in [0.15, 0.2) is 22.6 Å². The van der Waals surface area contributed by atoms with Gasteiger partial charge in [0.15, 0.2) is 6.61 Å². The maximum atomic E-state index is 12.7. The minimum Gasteiger partial charge on any atom is -0.484 e. The minimum atomic E-state index is -4.41. The van der Waals surface area contributed by atoms with E-state index in [9.17, 15) is 13.2 Å². The zero-order chi connectivity index (χ0) is 23.8. The lowest BCUT2D eigenvalue weighted by Gasteiger charge is -2.23. The van der Waals surface area contributed by atoms with Gasteiger partial charge >= 0.3 is 12.2 Å². The molecule has 1 aromatic carbocycles. The molecule has 1 saturated heterocycles. The number of nitrogens with one attached hydrogen (secondary N) is 1. The van der Waals surface area contributed by atoms with E-state index >= 15 is 0 Å². The van der Waals surface area contributed by atoms with Crippen LogP contribution in [-0.2, 0) is 10.2 Å². The molecule has 1 aliphatic rings. The molecule has 2 aromatic heterocycles. The molecule has 33 heavy (non-hydrogen) atoms. The van der Waals surface area contributed by atoms with Gasteiger partial charge in [0.05, 0.1) is 5.52 Å². The second kappa shape index (κ2) is 8.81. The van der Waals surface area contributed by atoms with Crippen molar-refractivity contribution in [3.05, 3.63) is 29.3 Å². The van der Waals surface area contributed by atoms with Gasteiger partial charge in [-0.15, -0.1) is 5.10 Å². The molecule has 0 bridgehead atoms. The van der Waals surface area contributed by atoms with Crippen LogP contribution < -0.4 is 10.1 Å². The summed E-state index contributed by atoms with van der Waals surface area (Å²) in [6.07, 6.45) is -2.69. The number of pyridine rings is 1. The molecule has 0 amide bonds. The number of aryl methyl sites for hydroxylation is 1. The Bertz CT molecular complexity index is 1130. The number of hydrogen-bond acceptors (Lipinski definition) is 7. The van der Waals surface area contributed by atoms with Gasteiger partial charge in [-0.25, -0.2) is 4.98 Å². The first-order chi connectivity index (χ1) is 15.5. The summed E-state index contributed by atoms with van der Waals surface area (Å²) in [6, 6.07) is 5.53. The van der Waals surface area contributed by atoms with Crippen molar-refractivity contribution in [3.63, 3.8) is 0 Å². The van der Waals surface area contributed by atoms with E-state index in [0.29, 0.717) is 35.8 Å². The Labute approximate surface area is 189 Å². The van der Waals surface area contributed by atoms with Crippen molar-refractivity contribution in [2.75, 3.05) is 25.1 Å². The fourth-order valence-electron chi connectivity index (χ4n) is 3.80. The van der Waals surface area contributed by atoms with Crippen molar-refractivity contribution in [2.45, 2.75) is 58.2 Å². The molecule has 0 radical (unpaired) electrons. The molecule has 1 N–H and O–H groups in total. The van der Waals surface area contributed by atoms with Gasteiger partial charge in [0.1, 0.15) is 11.4 Å². The third-order valence-corrected chi connectivity index (χ3v) is 5.50. The average Bonchev–Trinajstić information content (AvgIpc) is 3.20. The van der Waals surface area contributed by atoms with Crippen molar-refractivity contribution in [1.82, 2.24) is 15.2 Å². The summed E-state index contributed by atoms with van der Waals surface area (Å²) >= 11 is 0. The standard InChI is InChI=1S/C23H27F3N4O3/c1-13-9-18(20-29-30-21(33-20)27-14-5-7-31-8-6-14)28-19-16(13)10-15(32-12-23(24,25)26)11-17(19)22(2,3)4/h9-11,14H,5-8,12H2,1-4H3,(H,27,30). The highest BCUT2D eigenvalue weighted by Crippen LogP contribution is 2.36. The zero-order valence-corrected chi connectivity index (χ0v) is 19.0. The van der Waals surface area contributed by atoms with Crippen LogP contribution in [0.5, 0.6) is 5.75 Å². The van der Waals surface area contributed by atoms with E-state index in [0.717, 1.165) is 24.0 Å². The van der Waals surface area contributed by atoms with Crippen molar-refractivity contribution >= 4 is 16.9 Å². The van der Waals surface area contributed by atoms with Gasteiger partial charge in [0.25, 0.3) is 5.89 Å². The summed E-state index contributed by atoms with van der Waals surface area (Å²) < 4.78 is 54.3. The number of alkyl halides is 3. The van der Waals surface area contributed by atoms with Crippen LogP contribution >= 0.6 is 0 Å². The number of hydrogen-bond donors (Lipinski definition) is 1. The number of benzene rings is 1. The SMILES string of the molecule is Cc1cc(-c2nnc(NC3CCOCC3)o2)nc2c(C(C)(C)C)cc(OCC(F)(F)F)cc12. The summed E-state index contributed by atoms with van der Waals surface area (Å²) in [5.41, 5.74) is 2.35. The average molecular weight is 464 g/mol. The van der Waals surface area contributed by atoms with Crippen LogP contribution in [0, 0.1) is 6.92 Å². The fraction of sp³-hybridized carbons (Fsp3) is 0.522. The van der Waals surface area contributed by atoms with E-state index in [2.05, 4.69) is 15.5 Å². The molecule has 1 fully saturated rings. The summed E-state index contributed by atoms with van der Waals surface area (Å²) in [7, 11) is 0. The predicted octanol–water partition coefficient (Wildman–Crippen LogP) is 5.42. The minimum absolute atomic E-state index is 0.156. The number of ether oxygens (including phenoxy) is 2. The highest BCUT2D eigenvalue weighted by molar-refractivity contribution is 5.89. The molecule has 7 nitrogen and oxygen atoms in total. The van der Waals surface area contributed by atoms with Gasteiger partial charge in [-0.05, 0) is 54.5 Å². The number of nitrogens with zero attached hydrogens (tertiary/aromatic N) is 3. The van der Waals surface area contributed by atoms with E-state index < -0.39 is 18.2 Å². The molecule has 178 valence electrons. The normalized spacial score (nSPS) is 15.7. The van der Waals surface area contributed by atoms with Crippen LogP contribution in [0.4, 0.5) is 19.2 Å². The molecule has 0 unspecified atom stereocenters.